The zero-order valence-electron chi connectivity index (χ0n) is 10.9. The molecule has 1 rings (SSSR count). The average molecular weight is 237 g/mol. The topological polar surface area (TPSA) is 64.5 Å². The molecule has 0 radical (unpaired) electrons. The summed E-state index contributed by atoms with van der Waals surface area (Å²) >= 11 is 0. The van der Waals surface area contributed by atoms with Crippen LogP contribution in [-0.2, 0) is 6.54 Å². The van der Waals surface area contributed by atoms with Crippen LogP contribution in [-0.4, -0.2) is 24.2 Å². The Bertz CT molecular complexity index is 345. The Morgan fingerprint density at radius 3 is 2.65 bits per heavy atom. The summed E-state index contributed by atoms with van der Waals surface area (Å²) in [6.45, 7) is 5.33. The first kappa shape index (κ1) is 14.0. The molecule has 0 heterocycles. The number of ether oxygens (including phenoxy) is 1. The van der Waals surface area contributed by atoms with Gasteiger partial charge in [0.2, 0.25) is 0 Å². The molecule has 96 valence electrons. The number of nitrogens with zero attached hydrogens (tertiary/aromatic N) is 1. The Balaban J connectivity index is 2.48. The van der Waals surface area contributed by atoms with Crippen molar-refractivity contribution in [3.63, 3.8) is 0 Å². The Morgan fingerprint density at radius 2 is 2.06 bits per heavy atom. The molecule has 17 heavy (non-hydrogen) atoms. The molecule has 0 amide bonds. The van der Waals surface area contributed by atoms with Crippen molar-refractivity contribution in [3.8, 4) is 5.75 Å². The maximum Gasteiger partial charge on any atom is 0.119 e. The quantitative estimate of drug-likeness (QED) is 0.581. The molecule has 4 N–H and O–H groups in total. The van der Waals surface area contributed by atoms with Gasteiger partial charge in [-0.3, -0.25) is 5.84 Å². The van der Waals surface area contributed by atoms with Gasteiger partial charge >= 0.3 is 0 Å². The third-order valence-corrected chi connectivity index (χ3v) is 2.35. The van der Waals surface area contributed by atoms with E-state index in [9.17, 15) is 0 Å². The molecule has 0 aliphatic rings. The van der Waals surface area contributed by atoms with Crippen molar-refractivity contribution in [2.45, 2.75) is 32.4 Å². The second-order valence-electron chi connectivity index (χ2n) is 5.15. The van der Waals surface area contributed by atoms with E-state index in [0.717, 1.165) is 17.7 Å². The standard InChI is InChI=1S/C13H23N3O/c1-13(2,14)7-8-17-12-6-4-5-11(9-12)10-16(3)15/h4-6,9H,7-8,10,14-15H2,1-3H3. The fourth-order valence-electron chi connectivity index (χ4n) is 1.45. The molecule has 0 bridgehead atoms. The minimum absolute atomic E-state index is 0.185. The van der Waals surface area contributed by atoms with Crippen molar-refractivity contribution in [2.24, 2.45) is 11.6 Å². The predicted octanol–water partition coefficient (Wildman–Crippen LogP) is 1.50. The summed E-state index contributed by atoms with van der Waals surface area (Å²) in [4.78, 5) is 0. The van der Waals surface area contributed by atoms with E-state index >= 15 is 0 Å². The van der Waals surface area contributed by atoms with Gasteiger partial charge in [-0.15, -0.1) is 0 Å². The van der Waals surface area contributed by atoms with Gasteiger partial charge in [0, 0.05) is 19.1 Å². The monoisotopic (exact) mass is 237 g/mol. The molecule has 0 unspecified atom stereocenters. The first-order valence-corrected chi connectivity index (χ1v) is 5.83. The Morgan fingerprint density at radius 1 is 1.35 bits per heavy atom. The van der Waals surface area contributed by atoms with Gasteiger partial charge in [-0.25, -0.2) is 5.01 Å². The summed E-state index contributed by atoms with van der Waals surface area (Å²) in [5, 5.41) is 1.64. The maximum absolute atomic E-state index is 5.89. The highest BCUT2D eigenvalue weighted by atomic mass is 16.5. The van der Waals surface area contributed by atoms with E-state index in [4.69, 9.17) is 16.3 Å². The lowest BCUT2D eigenvalue weighted by Gasteiger charge is -2.18. The smallest absolute Gasteiger partial charge is 0.119 e. The van der Waals surface area contributed by atoms with Crippen LogP contribution in [0.25, 0.3) is 0 Å². The third-order valence-electron chi connectivity index (χ3n) is 2.35. The summed E-state index contributed by atoms with van der Waals surface area (Å²) in [6, 6.07) is 7.96. The predicted molar refractivity (Wildman–Crippen MR) is 70.5 cm³/mol. The average Bonchev–Trinajstić information content (AvgIpc) is 2.15. The van der Waals surface area contributed by atoms with Gasteiger partial charge in [-0.2, -0.15) is 0 Å². The van der Waals surface area contributed by atoms with E-state index in [1.165, 1.54) is 0 Å². The maximum atomic E-state index is 5.89. The number of hydrogen-bond donors (Lipinski definition) is 2. The molecule has 1 aromatic rings. The molecular weight excluding hydrogens is 214 g/mol. The van der Waals surface area contributed by atoms with E-state index in [0.29, 0.717) is 13.2 Å². The number of hydrogen-bond acceptors (Lipinski definition) is 4. The Hall–Kier alpha value is -1.10. The number of nitrogens with two attached hydrogens (primary N) is 2. The molecule has 0 spiro atoms. The second-order valence-corrected chi connectivity index (χ2v) is 5.15. The van der Waals surface area contributed by atoms with Crippen LogP contribution in [0, 0.1) is 0 Å². The second kappa shape index (κ2) is 6.00. The van der Waals surface area contributed by atoms with E-state index in [-0.39, 0.29) is 5.54 Å². The van der Waals surface area contributed by atoms with Crippen molar-refractivity contribution in [1.29, 1.82) is 0 Å². The van der Waals surface area contributed by atoms with Gasteiger partial charge in [-0.1, -0.05) is 12.1 Å². The highest BCUT2D eigenvalue weighted by Crippen LogP contribution is 2.15. The third kappa shape index (κ3) is 6.26. The van der Waals surface area contributed by atoms with Crippen LogP contribution in [0.3, 0.4) is 0 Å². The van der Waals surface area contributed by atoms with Crippen molar-refractivity contribution < 1.29 is 4.74 Å². The first-order chi connectivity index (χ1) is 7.87. The zero-order valence-corrected chi connectivity index (χ0v) is 10.9. The van der Waals surface area contributed by atoms with E-state index < -0.39 is 0 Å². The van der Waals surface area contributed by atoms with Crippen LogP contribution in [0.1, 0.15) is 25.8 Å². The Kier molecular flexibility index (Phi) is 4.93. The lowest BCUT2D eigenvalue weighted by molar-refractivity contribution is 0.273. The van der Waals surface area contributed by atoms with Crippen LogP contribution in [0.4, 0.5) is 0 Å². The number of rotatable bonds is 6. The van der Waals surface area contributed by atoms with Gasteiger partial charge < -0.3 is 10.5 Å². The summed E-state index contributed by atoms with van der Waals surface area (Å²) in [7, 11) is 1.84. The number of hydrazine groups is 1. The lowest BCUT2D eigenvalue weighted by atomic mass is 10.0. The molecule has 0 saturated heterocycles. The number of benzene rings is 1. The van der Waals surface area contributed by atoms with Gasteiger partial charge in [0.25, 0.3) is 0 Å². The highest BCUT2D eigenvalue weighted by molar-refractivity contribution is 5.28. The SMILES string of the molecule is CN(N)Cc1cccc(OCCC(C)(C)N)c1. The van der Waals surface area contributed by atoms with Crippen LogP contribution in [0.2, 0.25) is 0 Å². The largest absolute Gasteiger partial charge is 0.494 e. The van der Waals surface area contributed by atoms with Crippen LogP contribution in [0.15, 0.2) is 24.3 Å². The van der Waals surface area contributed by atoms with Gasteiger partial charge in [-0.05, 0) is 38.0 Å². The molecule has 0 atom stereocenters. The lowest BCUT2D eigenvalue weighted by Crippen LogP contribution is -2.33. The normalized spacial score (nSPS) is 11.9. The zero-order chi connectivity index (χ0) is 12.9. The summed E-state index contributed by atoms with van der Waals surface area (Å²) in [5.74, 6) is 6.48. The van der Waals surface area contributed by atoms with Gasteiger partial charge in [0.1, 0.15) is 5.75 Å². The molecule has 4 nitrogen and oxygen atoms in total. The first-order valence-electron chi connectivity index (χ1n) is 5.83. The highest BCUT2D eigenvalue weighted by Gasteiger charge is 2.10. The Labute approximate surface area is 104 Å². The molecule has 1 aromatic carbocycles. The fourth-order valence-corrected chi connectivity index (χ4v) is 1.45. The van der Waals surface area contributed by atoms with Crippen LogP contribution >= 0.6 is 0 Å². The van der Waals surface area contributed by atoms with Crippen LogP contribution in [0.5, 0.6) is 5.75 Å². The van der Waals surface area contributed by atoms with Crippen molar-refractivity contribution >= 4 is 0 Å². The van der Waals surface area contributed by atoms with E-state index in [1.807, 2.05) is 45.2 Å². The summed E-state index contributed by atoms with van der Waals surface area (Å²) in [6.07, 6.45) is 0.827. The van der Waals surface area contributed by atoms with E-state index in [1.54, 1.807) is 5.01 Å². The molecular formula is C13H23N3O. The van der Waals surface area contributed by atoms with E-state index in [2.05, 4.69) is 0 Å². The summed E-state index contributed by atoms with van der Waals surface area (Å²) in [5.41, 5.74) is 6.85. The summed E-state index contributed by atoms with van der Waals surface area (Å²) < 4.78 is 5.66. The molecule has 0 aliphatic carbocycles. The minimum atomic E-state index is -0.185. The van der Waals surface area contributed by atoms with Crippen molar-refractivity contribution in [2.75, 3.05) is 13.7 Å². The molecule has 4 heteroatoms. The molecule has 0 aliphatic heterocycles. The fraction of sp³-hybridized carbons (Fsp3) is 0.538. The molecule has 0 saturated carbocycles. The molecule has 0 fully saturated rings. The van der Waals surface area contributed by atoms with Gasteiger partial charge in [0.15, 0.2) is 0 Å². The minimum Gasteiger partial charge on any atom is -0.494 e. The van der Waals surface area contributed by atoms with Crippen LogP contribution < -0.4 is 16.3 Å². The van der Waals surface area contributed by atoms with Gasteiger partial charge in [0.05, 0.1) is 6.61 Å². The molecule has 0 aromatic heterocycles. The van der Waals surface area contributed by atoms with Crippen molar-refractivity contribution in [1.82, 2.24) is 5.01 Å². The van der Waals surface area contributed by atoms with Crippen molar-refractivity contribution in [3.05, 3.63) is 29.8 Å².